The van der Waals surface area contributed by atoms with E-state index < -0.39 is 10.4 Å². The van der Waals surface area contributed by atoms with Crippen molar-refractivity contribution in [3.8, 4) is 0 Å². The predicted octanol–water partition coefficient (Wildman–Crippen LogP) is -5.47. The van der Waals surface area contributed by atoms with Gasteiger partial charge in [-0.15, -0.1) is 0 Å². The molecule has 10 N–H and O–H groups in total. The molecule has 0 aromatic rings. The molecule has 12 heavy (non-hydrogen) atoms. The predicted molar refractivity (Wildman–Crippen MR) is 28.5 cm³/mol. The summed E-state index contributed by atoms with van der Waals surface area (Å²) in [6, 6.07) is 0. The molecule has 0 atom stereocenters. The molecular formula is H10CuMnO9S. The van der Waals surface area contributed by atoms with Crippen LogP contribution in [0.4, 0.5) is 0 Å². The first-order valence-electron chi connectivity index (χ1n) is 0.667. The Kier molecular flexibility index (Phi) is 195. The van der Waals surface area contributed by atoms with Crippen LogP contribution in [-0.4, -0.2) is 44.9 Å². The second kappa shape index (κ2) is 29.8. The number of hydrogen-bond acceptors (Lipinski definition) is 4. The minimum absolute atomic E-state index is 0. The summed E-state index contributed by atoms with van der Waals surface area (Å²) >= 11 is 0. The molecule has 0 aromatic carbocycles. The fraction of sp³-hybridized carbons (Fsp3) is 0. The van der Waals surface area contributed by atoms with E-state index in [-0.39, 0.29) is 61.5 Å². The van der Waals surface area contributed by atoms with Gasteiger partial charge in [0.1, 0.15) is 0 Å². The second-order valence-corrected chi connectivity index (χ2v) is 1.22. The van der Waals surface area contributed by atoms with Crippen LogP contribution in [0.15, 0.2) is 0 Å². The Balaban J connectivity index is -0.00000000381. The average Bonchev–Trinajstić information content (AvgIpc) is 0.722. The molecule has 0 fully saturated rings. The van der Waals surface area contributed by atoms with E-state index in [0.717, 1.165) is 0 Å². The maximum absolute atomic E-state index is 8.52. The van der Waals surface area contributed by atoms with E-state index >= 15 is 0 Å². The zero-order chi connectivity index (χ0) is 4.50. The SMILES string of the molecule is O.O.O.O.O.O=S(=O)([O-])[O-].[Cu+2].[Mn]. The van der Waals surface area contributed by atoms with Gasteiger partial charge in [0.15, 0.2) is 0 Å². The zero-order valence-electron chi connectivity index (χ0n) is 5.22. The Hall–Kier alpha value is 0.709. The Morgan fingerprint density at radius 3 is 0.750 bits per heavy atom. The van der Waals surface area contributed by atoms with Crippen LogP contribution >= 0.6 is 0 Å². The molecule has 0 saturated carbocycles. The molecule has 0 bridgehead atoms. The van der Waals surface area contributed by atoms with Crippen molar-refractivity contribution in [1.29, 1.82) is 0 Å². The van der Waals surface area contributed by atoms with Crippen molar-refractivity contribution in [3.63, 3.8) is 0 Å². The van der Waals surface area contributed by atoms with Crippen molar-refractivity contribution in [2.75, 3.05) is 0 Å². The van der Waals surface area contributed by atoms with Crippen molar-refractivity contribution in [2.45, 2.75) is 0 Å². The molecule has 0 heterocycles. The largest absolute Gasteiger partial charge is 2.00 e. The summed E-state index contributed by atoms with van der Waals surface area (Å²) in [5, 5.41) is 0. The fourth-order valence-electron chi connectivity index (χ4n) is 0. The van der Waals surface area contributed by atoms with E-state index in [2.05, 4.69) is 0 Å². The maximum Gasteiger partial charge on any atom is 2.00 e. The summed E-state index contributed by atoms with van der Waals surface area (Å²) in [7, 11) is -5.17. The van der Waals surface area contributed by atoms with E-state index in [1.807, 2.05) is 0 Å². The first-order valence-corrected chi connectivity index (χ1v) is 2.00. The molecule has 2 radical (unpaired) electrons. The van der Waals surface area contributed by atoms with Gasteiger partial charge in [-0.25, -0.2) is 0 Å². The minimum atomic E-state index is -5.17. The molecular weight excluding hydrogens is 295 g/mol. The normalized spacial score (nSPS) is 4.83. The van der Waals surface area contributed by atoms with Gasteiger partial charge in [0.25, 0.3) is 0 Å². The first kappa shape index (κ1) is 78.6. The van der Waals surface area contributed by atoms with Crippen molar-refractivity contribution in [1.82, 2.24) is 0 Å². The van der Waals surface area contributed by atoms with Crippen LogP contribution in [0, 0.1) is 0 Å². The van der Waals surface area contributed by atoms with Crippen LogP contribution in [-0.2, 0) is 44.5 Å². The van der Waals surface area contributed by atoms with Crippen LogP contribution in [0.2, 0.25) is 0 Å². The van der Waals surface area contributed by atoms with Gasteiger partial charge in [0.05, 0.1) is 0 Å². The van der Waals surface area contributed by atoms with Crippen molar-refractivity contribution < 1.29 is 79.0 Å². The number of rotatable bonds is 0. The van der Waals surface area contributed by atoms with Crippen LogP contribution in [0.3, 0.4) is 0 Å². The standard InChI is InChI=1S/Cu.Mn.H2O4S.5H2O/c;;1-5(2,3)4;;;;;/h;;(H2,1,2,3,4);5*1H2/q+2;;;;;;;/p-2. The molecule has 0 unspecified atom stereocenters. The molecule has 9 nitrogen and oxygen atoms in total. The zero-order valence-corrected chi connectivity index (χ0v) is 8.16. The average molecular weight is 305 g/mol. The van der Waals surface area contributed by atoms with Gasteiger partial charge in [-0.2, -0.15) is 0 Å². The molecule has 12 heteroatoms. The Bertz CT molecular complexity index is 97.7. The van der Waals surface area contributed by atoms with Gasteiger partial charge in [-0.05, 0) is 0 Å². The Morgan fingerprint density at radius 1 is 0.750 bits per heavy atom. The van der Waals surface area contributed by atoms with Crippen LogP contribution in [0.5, 0.6) is 0 Å². The van der Waals surface area contributed by atoms with Crippen molar-refractivity contribution in [2.24, 2.45) is 0 Å². The van der Waals surface area contributed by atoms with E-state index in [4.69, 9.17) is 17.5 Å². The summed E-state index contributed by atoms with van der Waals surface area (Å²) in [4.78, 5) is 0. The molecule has 88 valence electrons. The smallest absolute Gasteiger partial charge is 0.759 e. The third-order valence-corrected chi connectivity index (χ3v) is 0. The van der Waals surface area contributed by atoms with Crippen molar-refractivity contribution in [3.05, 3.63) is 0 Å². The monoisotopic (exact) mass is 304 g/mol. The molecule has 0 rings (SSSR count). The molecule has 0 saturated heterocycles. The van der Waals surface area contributed by atoms with E-state index in [1.165, 1.54) is 0 Å². The summed E-state index contributed by atoms with van der Waals surface area (Å²) < 4.78 is 34.1. The molecule has 0 spiro atoms. The van der Waals surface area contributed by atoms with Gasteiger partial charge in [0.2, 0.25) is 0 Å². The quantitative estimate of drug-likeness (QED) is 0.241. The fourth-order valence-corrected chi connectivity index (χ4v) is 0. The molecule has 0 aromatic heterocycles. The van der Waals surface area contributed by atoms with E-state index in [1.54, 1.807) is 0 Å². The summed E-state index contributed by atoms with van der Waals surface area (Å²) in [5.74, 6) is 0. The van der Waals surface area contributed by atoms with Gasteiger partial charge < -0.3 is 36.5 Å². The third kappa shape index (κ3) is 2010. The number of hydrogen-bond donors (Lipinski definition) is 0. The van der Waals surface area contributed by atoms with E-state index in [0.29, 0.717) is 0 Å². The third-order valence-electron chi connectivity index (χ3n) is 0. The second-order valence-electron chi connectivity index (χ2n) is 0.408. The Morgan fingerprint density at radius 2 is 0.750 bits per heavy atom. The maximum atomic E-state index is 8.52. The Labute approximate surface area is 89.6 Å². The summed E-state index contributed by atoms with van der Waals surface area (Å²) in [6.07, 6.45) is 0. The first-order chi connectivity index (χ1) is 2.00. The van der Waals surface area contributed by atoms with Gasteiger partial charge in [-0.3, -0.25) is 8.42 Å². The van der Waals surface area contributed by atoms with E-state index in [9.17, 15) is 0 Å². The van der Waals surface area contributed by atoms with Gasteiger partial charge in [0, 0.05) is 27.5 Å². The van der Waals surface area contributed by atoms with Crippen LogP contribution < -0.4 is 0 Å². The van der Waals surface area contributed by atoms with Gasteiger partial charge in [-0.1, -0.05) is 0 Å². The molecule has 0 aliphatic rings. The minimum Gasteiger partial charge on any atom is -0.759 e. The van der Waals surface area contributed by atoms with Crippen LogP contribution in [0.1, 0.15) is 0 Å². The summed E-state index contributed by atoms with van der Waals surface area (Å²) in [5.41, 5.74) is 0. The summed E-state index contributed by atoms with van der Waals surface area (Å²) in [6.45, 7) is 0. The van der Waals surface area contributed by atoms with Crippen molar-refractivity contribution >= 4 is 10.4 Å². The molecule has 0 amide bonds. The molecule has 0 aliphatic heterocycles. The van der Waals surface area contributed by atoms with Gasteiger partial charge >= 0.3 is 17.1 Å². The molecule has 0 aliphatic carbocycles. The topological polar surface area (TPSA) is 238 Å². The van der Waals surface area contributed by atoms with Crippen LogP contribution in [0.25, 0.3) is 0 Å².